The summed E-state index contributed by atoms with van der Waals surface area (Å²) in [6.07, 6.45) is 0. The number of esters is 1. The first-order valence-corrected chi connectivity index (χ1v) is 9.56. The van der Waals surface area contributed by atoms with Crippen molar-refractivity contribution >= 4 is 41.0 Å². The minimum atomic E-state index is -0.922. The van der Waals surface area contributed by atoms with Gasteiger partial charge in [-0.25, -0.2) is 9.59 Å². The maximum atomic E-state index is 13.0. The number of imide groups is 1. The number of amides is 4. The summed E-state index contributed by atoms with van der Waals surface area (Å²) < 4.78 is 16.3. The molecule has 2 aromatic carbocycles. The fourth-order valence-electron chi connectivity index (χ4n) is 3.01. The van der Waals surface area contributed by atoms with Crippen LogP contribution in [-0.2, 0) is 9.59 Å². The van der Waals surface area contributed by atoms with Gasteiger partial charge in [-0.05, 0) is 42.5 Å². The van der Waals surface area contributed by atoms with Crippen molar-refractivity contribution in [3.63, 3.8) is 0 Å². The Morgan fingerprint density at radius 2 is 1.61 bits per heavy atom. The predicted molar refractivity (Wildman–Crippen MR) is 116 cm³/mol. The van der Waals surface area contributed by atoms with Crippen LogP contribution in [0.4, 0.5) is 10.5 Å². The average molecular weight is 453 g/mol. The lowest BCUT2D eigenvalue weighted by atomic mass is 10.1. The number of rotatable bonds is 5. The maximum Gasteiger partial charge on any atom is 0.451 e. The van der Waals surface area contributed by atoms with Crippen LogP contribution in [-0.4, -0.2) is 66.1 Å². The Kier molecular flexibility index (Phi) is 6.52. The summed E-state index contributed by atoms with van der Waals surface area (Å²) in [5.74, 6) is -2.01. The van der Waals surface area contributed by atoms with Crippen molar-refractivity contribution in [3.8, 4) is 17.2 Å². The lowest BCUT2D eigenvalue weighted by molar-refractivity contribution is -0.342. The number of ether oxygens (including phenoxy) is 3. The molecule has 11 nitrogen and oxygen atoms in total. The number of urea groups is 1. The van der Waals surface area contributed by atoms with Crippen LogP contribution in [0.15, 0.2) is 47.5 Å². The topological polar surface area (TPSA) is 141 Å². The highest BCUT2D eigenvalue weighted by Gasteiger charge is 2.42. The van der Waals surface area contributed by atoms with E-state index in [2.05, 4.69) is 4.99 Å². The van der Waals surface area contributed by atoms with Gasteiger partial charge in [0, 0.05) is 6.92 Å². The standard InChI is InChI=1S/C22H20N4O7/c1-12(27)33-17-10-9-15(32-4)11-16(17)20(28)24-18-19(23)26(22(30)25(2)21(18)29)13-5-7-14(31-3)8-6-13/h5-11,23H,1-4H3/p+1. The predicted octanol–water partition coefficient (Wildman–Crippen LogP) is 1.50. The van der Waals surface area contributed by atoms with Crippen LogP contribution in [0.3, 0.4) is 0 Å². The molecule has 0 aromatic heterocycles. The van der Waals surface area contributed by atoms with Gasteiger partial charge in [-0.1, -0.05) is 0 Å². The summed E-state index contributed by atoms with van der Waals surface area (Å²) in [5.41, 5.74) is 5.87. The number of nitrogens with zero attached hydrogens (tertiary/aromatic N) is 3. The van der Waals surface area contributed by atoms with Crippen LogP contribution in [0.5, 0.6) is 17.2 Å². The van der Waals surface area contributed by atoms with Crippen molar-refractivity contribution in [3.05, 3.63) is 48.0 Å². The van der Waals surface area contributed by atoms with Gasteiger partial charge < -0.3 is 19.9 Å². The highest BCUT2D eigenvalue weighted by atomic mass is 16.5. The van der Waals surface area contributed by atoms with Gasteiger partial charge in [0.25, 0.3) is 11.7 Å². The van der Waals surface area contributed by atoms with Gasteiger partial charge in [0.1, 0.15) is 22.9 Å². The molecule has 0 radical (unpaired) electrons. The lowest BCUT2D eigenvalue weighted by Crippen LogP contribution is -2.55. The second-order valence-corrected chi connectivity index (χ2v) is 6.79. The molecule has 1 aliphatic rings. The molecule has 170 valence electrons. The number of methoxy groups -OCH3 is 2. The number of nitrogens with two attached hydrogens (primary N) is 1. The highest BCUT2D eigenvalue weighted by molar-refractivity contribution is 6.68. The number of amidine groups is 1. The van der Waals surface area contributed by atoms with Gasteiger partial charge in [-0.3, -0.25) is 9.59 Å². The Morgan fingerprint density at radius 3 is 2.18 bits per heavy atom. The monoisotopic (exact) mass is 453 g/mol. The molecule has 0 spiro atoms. The van der Waals surface area contributed by atoms with Crippen LogP contribution in [0.2, 0.25) is 0 Å². The normalized spacial score (nSPS) is 15.0. The fourth-order valence-corrected chi connectivity index (χ4v) is 3.01. The first-order chi connectivity index (χ1) is 15.7. The lowest BCUT2D eigenvalue weighted by Gasteiger charge is -2.20. The van der Waals surface area contributed by atoms with Crippen molar-refractivity contribution in [1.29, 1.82) is 0 Å². The van der Waals surface area contributed by atoms with Crippen LogP contribution in [0.1, 0.15) is 17.3 Å². The smallest absolute Gasteiger partial charge is 0.451 e. The highest BCUT2D eigenvalue weighted by Crippen LogP contribution is 2.26. The van der Waals surface area contributed by atoms with Crippen molar-refractivity contribution in [2.75, 3.05) is 21.3 Å². The van der Waals surface area contributed by atoms with Gasteiger partial charge in [-0.2, -0.15) is 14.5 Å². The van der Waals surface area contributed by atoms with Gasteiger partial charge in [-0.15, -0.1) is 0 Å². The summed E-state index contributed by atoms with van der Waals surface area (Å²) in [6, 6.07) is 9.78. The molecule has 4 amide bonds. The third kappa shape index (κ3) is 4.56. The van der Waals surface area contributed by atoms with Crippen molar-refractivity contribution in [2.24, 2.45) is 10.7 Å². The zero-order valence-electron chi connectivity index (χ0n) is 18.3. The molecule has 33 heavy (non-hydrogen) atoms. The Bertz CT molecular complexity index is 1220. The van der Waals surface area contributed by atoms with E-state index >= 15 is 0 Å². The van der Waals surface area contributed by atoms with E-state index in [9.17, 15) is 19.2 Å². The summed E-state index contributed by atoms with van der Waals surface area (Å²) in [4.78, 5) is 54.6. The summed E-state index contributed by atoms with van der Waals surface area (Å²) in [6.45, 7) is 1.17. The van der Waals surface area contributed by atoms with E-state index < -0.39 is 29.5 Å². The molecule has 0 atom stereocenters. The third-order valence-electron chi connectivity index (χ3n) is 4.68. The van der Waals surface area contributed by atoms with Gasteiger partial charge in [0.2, 0.25) is 5.71 Å². The molecule has 1 heterocycles. The number of hydrogen-bond acceptors (Lipinski definition) is 8. The Morgan fingerprint density at radius 1 is 1.00 bits per heavy atom. The van der Waals surface area contributed by atoms with Gasteiger partial charge >= 0.3 is 17.9 Å². The van der Waals surface area contributed by atoms with Gasteiger partial charge in [0.15, 0.2) is 0 Å². The molecule has 2 aromatic rings. The molecule has 11 heteroatoms. The molecular formula is C22H21N4O7+. The number of carbonyl (C=O) groups excluding carboxylic acids is 4. The van der Waals surface area contributed by atoms with Crippen LogP contribution in [0.25, 0.3) is 0 Å². The summed E-state index contributed by atoms with van der Waals surface area (Å²) in [7, 11) is 4.13. The number of hydrogen-bond donors (Lipinski definition) is 1. The number of carbonyl (C=O) groups is 4. The second-order valence-electron chi connectivity index (χ2n) is 6.79. The zero-order chi connectivity index (χ0) is 24.3. The summed E-state index contributed by atoms with van der Waals surface area (Å²) >= 11 is 0. The Balaban J connectivity index is 2.13. The molecule has 0 unspecified atom stereocenters. The summed E-state index contributed by atoms with van der Waals surface area (Å²) in [5, 5.41) is 0. The van der Waals surface area contributed by atoms with E-state index in [0.717, 1.165) is 9.48 Å². The number of aliphatic imine (C=N–C) groups is 1. The minimum Gasteiger partial charge on any atom is -0.497 e. The van der Waals surface area contributed by atoms with Crippen molar-refractivity contribution in [2.45, 2.75) is 6.92 Å². The average Bonchev–Trinajstić information content (AvgIpc) is 2.80. The quantitative estimate of drug-likeness (QED) is 0.408. The Hall–Kier alpha value is -4.54. The van der Waals surface area contributed by atoms with Crippen molar-refractivity contribution < 1.29 is 38.0 Å². The van der Waals surface area contributed by atoms with Crippen LogP contribution >= 0.6 is 0 Å². The third-order valence-corrected chi connectivity index (χ3v) is 4.68. The van der Waals surface area contributed by atoms with E-state index in [1.165, 1.54) is 46.4 Å². The molecule has 2 N–H and O–H groups in total. The molecule has 0 bridgehead atoms. The van der Waals surface area contributed by atoms with E-state index in [4.69, 9.17) is 19.9 Å². The second kappa shape index (κ2) is 9.30. The molecular weight excluding hydrogens is 432 g/mol. The molecule has 0 saturated carbocycles. The van der Waals surface area contributed by atoms with Crippen molar-refractivity contribution in [1.82, 2.24) is 4.90 Å². The Labute approximate surface area is 188 Å². The fraction of sp³-hybridized carbons (Fsp3) is 0.182. The SMILES string of the molecule is COc1ccc([N+]2=C(N)C(=NC(=O)c3cc(OC)ccc3OC(C)=O)C(=O)N(C)C2=O)cc1. The van der Waals surface area contributed by atoms with Crippen LogP contribution in [0, 0.1) is 0 Å². The van der Waals surface area contributed by atoms with Gasteiger partial charge in [0.05, 0.1) is 26.8 Å². The zero-order valence-corrected chi connectivity index (χ0v) is 18.3. The van der Waals surface area contributed by atoms with E-state index in [-0.39, 0.29) is 17.1 Å². The maximum absolute atomic E-state index is 13.0. The molecule has 0 saturated heterocycles. The van der Waals surface area contributed by atoms with Crippen LogP contribution < -0.4 is 19.9 Å². The molecule has 1 aliphatic heterocycles. The minimum absolute atomic E-state index is 0.0732. The molecule has 0 aliphatic carbocycles. The molecule has 3 rings (SSSR count). The first-order valence-electron chi connectivity index (χ1n) is 9.56. The van der Waals surface area contributed by atoms with E-state index in [1.807, 2.05) is 0 Å². The number of benzene rings is 2. The van der Waals surface area contributed by atoms with E-state index in [0.29, 0.717) is 17.2 Å². The first kappa shape index (κ1) is 23.1. The molecule has 0 fully saturated rings. The largest absolute Gasteiger partial charge is 0.497 e. The van der Waals surface area contributed by atoms with E-state index in [1.54, 1.807) is 24.3 Å².